The van der Waals surface area contributed by atoms with Crippen molar-refractivity contribution >= 4 is 34.7 Å². The van der Waals surface area contributed by atoms with E-state index in [4.69, 9.17) is 4.74 Å². The smallest absolute Gasteiger partial charge is 0.381 e. The molecular weight excluding hydrogens is 457 g/mol. The zero-order valence-electron chi connectivity index (χ0n) is 17.2. The zero-order chi connectivity index (χ0) is 22.8. The summed E-state index contributed by atoms with van der Waals surface area (Å²) in [5, 5.41) is 4.89. The maximum Gasteiger partial charge on any atom is 0.416 e. The maximum absolute atomic E-state index is 13.4. The molecule has 2 heterocycles. The van der Waals surface area contributed by atoms with Gasteiger partial charge in [0.1, 0.15) is 0 Å². The van der Waals surface area contributed by atoms with Crippen LogP contribution in [0.3, 0.4) is 0 Å². The van der Waals surface area contributed by atoms with Gasteiger partial charge in [-0.2, -0.15) is 13.2 Å². The molecule has 0 atom stereocenters. The summed E-state index contributed by atoms with van der Waals surface area (Å²) in [6, 6.07) is 12.4. The topological polar surface area (TPSA) is 51.2 Å². The first kappa shape index (κ1) is 22.8. The molecule has 32 heavy (non-hydrogen) atoms. The minimum Gasteiger partial charge on any atom is -0.381 e. The Bertz CT molecular complexity index is 1090. The lowest BCUT2D eigenvalue weighted by atomic mass is 9.73. The van der Waals surface area contributed by atoms with Gasteiger partial charge < -0.3 is 10.1 Å². The van der Waals surface area contributed by atoms with Crippen LogP contribution < -0.4 is 5.32 Å². The van der Waals surface area contributed by atoms with Crippen LogP contribution in [-0.2, 0) is 21.1 Å². The van der Waals surface area contributed by atoms with Gasteiger partial charge >= 0.3 is 6.18 Å². The number of halogens is 3. The van der Waals surface area contributed by atoms with Crippen LogP contribution in [0, 0.1) is 6.92 Å². The lowest BCUT2D eigenvalue weighted by Gasteiger charge is -2.36. The number of ether oxygens (including phenoxy) is 1. The molecular formula is C23H21F3N2O2S2. The standard InChI is InChI=1S/C23H21F3N2O2S2/c1-15-14-31-21(27-15)32-19-7-5-18(6-8-19)28-20(29)22(9-11-30-12-10-22)16-3-2-4-17(13-16)23(24,25)26/h2-8,13-14H,9-12H2,1H3,(H,28,29). The largest absolute Gasteiger partial charge is 0.416 e. The number of benzene rings is 2. The monoisotopic (exact) mass is 478 g/mol. The highest BCUT2D eigenvalue weighted by atomic mass is 32.2. The third kappa shape index (κ3) is 5.00. The fraction of sp³-hybridized carbons (Fsp3) is 0.304. The van der Waals surface area contributed by atoms with E-state index in [1.165, 1.54) is 17.8 Å². The quantitative estimate of drug-likeness (QED) is 0.467. The summed E-state index contributed by atoms with van der Waals surface area (Å²) in [7, 11) is 0. The van der Waals surface area contributed by atoms with E-state index < -0.39 is 17.2 Å². The first-order valence-electron chi connectivity index (χ1n) is 10.0. The average molecular weight is 479 g/mol. The highest BCUT2D eigenvalue weighted by molar-refractivity contribution is 8.01. The second kappa shape index (κ2) is 9.25. The molecule has 0 bridgehead atoms. The van der Waals surface area contributed by atoms with Crippen LogP contribution in [0.4, 0.5) is 18.9 Å². The SMILES string of the molecule is Cc1csc(Sc2ccc(NC(=O)C3(c4cccc(C(F)(F)F)c4)CCOCC3)cc2)n1. The molecule has 9 heteroatoms. The summed E-state index contributed by atoms with van der Waals surface area (Å²) < 4.78 is 46.2. The van der Waals surface area contributed by atoms with E-state index in [9.17, 15) is 18.0 Å². The highest BCUT2D eigenvalue weighted by Crippen LogP contribution is 2.39. The second-order valence-electron chi connectivity index (χ2n) is 7.61. The number of carbonyl (C=O) groups is 1. The van der Waals surface area contributed by atoms with E-state index in [0.29, 0.717) is 37.3 Å². The number of nitrogens with zero attached hydrogens (tertiary/aromatic N) is 1. The van der Waals surface area contributed by atoms with Gasteiger partial charge in [0.25, 0.3) is 0 Å². The molecule has 1 N–H and O–H groups in total. The van der Waals surface area contributed by atoms with E-state index in [0.717, 1.165) is 27.1 Å². The Morgan fingerprint density at radius 1 is 1.16 bits per heavy atom. The molecule has 2 aromatic carbocycles. The van der Waals surface area contributed by atoms with Crippen LogP contribution in [-0.4, -0.2) is 24.1 Å². The molecule has 0 saturated carbocycles. The Hall–Kier alpha value is -2.36. The fourth-order valence-electron chi connectivity index (χ4n) is 3.70. The number of carbonyl (C=O) groups excluding carboxylic acids is 1. The summed E-state index contributed by atoms with van der Waals surface area (Å²) in [6.07, 6.45) is -3.84. The van der Waals surface area contributed by atoms with Gasteiger partial charge in [-0.25, -0.2) is 4.98 Å². The molecule has 0 spiro atoms. The molecule has 0 unspecified atom stereocenters. The van der Waals surface area contributed by atoms with E-state index >= 15 is 0 Å². The third-order valence-corrected chi connectivity index (χ3v) is 7.50. The van der Waals surface area contributed by atoms with Crippen LogP contribution in [0.1, 0.15) is 29.7 Å². The molecule has 4 rings (SSSR count). The number of thiazole rings is 1. The van der Waals surface area contributed by atoms with Crippen molar-refractivity contribution in [2.45, 2.75) is 40.6 Å². The van der Waals surface area contributed by atoms with Gasteiger partial charge in [0.05, 0.1) is 11.0 Å². The van der Waals surface area contributed by atoms with Crippen molar-refractivity contribution in [2.75, 3.05) is 18.5 Å². The molecule has 1 aliphatic rings. The van der Waals surface area contributed by atoms with E-state index in [1.807, 2.05) is 24.4 Å². The van der Waals surface area contributed by atoms with Crippen LogP contribution in [0.25, 0.3) is 0 Å². The van der Waals surface area contributed by atoms with Gasteiger partial charge in [-0.1, -0.05) is 30.0 Å². The minimum atomic E-state index is -4.47. The summed E-state index contributed by atoms with van der Waals surface area (Å²) in [5.41, 5.74) is 0.0860. The summed E-state index contributed by atoms with van der Waals surface area (Å²) in [5.74, 6) is -0.323. The van der Waals surface area contributed by atoms with Crippen molar-refractivity contribution < 1.29 is 22.7 Å². The molecule has 1 aliphatic heterocycles. The van der Waals surface area contributed by atoms with Crippen molar-refractivity contribution in [3.05, 3.63) is 70.7 Å². The van der Waals surface area contributed by atoms with Crippen LogP contribution >= 0.6 is 23.1 Å². The molecule has 1 saturated heterocycles. The van der Waals surface area contributed by atoms with E-state index in [1.54, 1.807) is 29.5 Å². The van der Waals surface area contributed by atoms with E-state index in [-0.39, 0.29) is 5.91 Å². The normalized spacial score (nSPS) is 16.0. The van der Waals surface area contributed by atoms with Crippen molar-refractivity contribution in [1.29, 1.82) is 0 Å². The Balaban J connectivity index is 1.55. The number of aryl methyl sites for hydroxylation is 1. The fourth-order valence-corrected chi connectivity index (χ4v) is 5.51. The van der Waals surface area contributed by atoms with Gasteiger partial charge in [-0.15, -0.1) is 11.3 Å². The average Bonchev–Trinajstić information content (AvgIpc) is 3.19. The molecule has 1 aromatic heterocycles. The second-order valence-corrected chi connectivity index (χ2v) is 9.79. The van der Waals surface area contributed by atoms with Crippen LogP contribution in [0.2, 0.25) is 0 Å². The first-order chi connectivity index (χ1) is 15.3. The molecule has 0 aliphatic carbocycles. The van der Waals surface area contributed by atoms with Gasteiger partial charge in [-0.05, 0) is 55.7 Å². The molecule has 1 amide bonds. The number of nitrogens with one attached hydrogen (secondary N) is 1. The van der Waals surface area contributed by atoms with Crippen molar-refractivity contribution in [3.63, 3.8) is 0 Å². The summed E-state index contributed by atoms with van der Waals surface area (Å²) in [6.45, 7) is 2.56. The number of amides is 1. The third-order valence-electron chi connectivity index (χ3n) is 5.44. The molecule has 0 radical (unpaired) electrons. The molecule has 1 fully saturated rings. The van der Waals surface area contributed by atoms with Crippen LogP contribution in [0.15, 0.2) is 63.1 Å². The highest BCUT2D eigenvalue weighted by Gasteiger charge is 2.43. The lowest BCUT2D eigenvalue weighted by Crippen LogP contribution is -2.45. The molecule has 168 valence electrons. The van der Waals surface area contributed by atoms with Crippen molar-refractivity contribution in [2.24, 2.45) is 0 Å². The number of hydrogen-bond acceptors (Lipinski definition) is 5. The number of anilines is 1. The van der Waals surface area contributed by atoms with Gasteiger partial charge in [0.2, 0.25) is 5.91 Å². The van der Waals surface area contributed by atoms with Crippen molar-refractivity contribution in [3.8, 4) is 0 Å². The lowest BCUT2D eigenvalue weighted by molar-refractivity contribution is -0.138. The Kier molecular flexibility index (Phi) is 6.60. The predicted molar refractivity (Wildman–Crippen MR) is 119 cm³/mol. The summed E-state index contributed by atoms with van der Waals surface area (Å²) in [4.78, 5) is 18.8. The number of alkyl halides is 3. The number of hydrogen-bond donors (Lipinski definition) is 1. The predicted octanol–water partition coefficient (Wildman–Crippen LogP) is 6.31. The number of aromatic nitrogens is 1. The van der Waals surface area contributed by atoms with Crippen LogP contribution in [0.5, 0.6) is 0 Å². The number of rotatable bonds is 5. The van der Waals surface area contributed by atoms with Gasteiger partial charge in [-0.3, -0.25) is 4.79 Å². The zero-order valence-corrected chi connectivity index (χ0v) is 18.9. The molecule has 4 nitrogen and oxygen atoms in total. The van der Waals surface area contributed by atoms with Crippen molar-refractivity contribution in [1.82, 2.24) is 4.98 Å². The Morgan fingerprint density at radius 2 is 1.88 bits per heavy atom. The summed E-state index contributed by atoms with van der Waals surface area (Å²) >= 11 is 3.10. The first-order valence-corrected chi connectivity index (χ1v) is 11.7. The minimum absolute atomic E-state index is 0.312. The Labute approximate surface area is 192 Å². The van der Waals surface area contributed by atoms with Gasteiger partial charge in [0, 0.05) is 34.9 Å². The van der Waals surface area contributed by atoms with E-state index in [2.05, 4.69) is 10.3 Å². The Morgan fingerprint density at radius 3 is 2.50 bits per heavy atom. The van der Waals surface area contributed by atoms with Gasteiger partial charge in [0.15, 0.2) is 4.34 Å². The maximum atomic E-state index is 13.4. The molecule has 3 aromatic rings.